The van der Waals surface area contributed by atoms with Crippen molar-refractivity contribution in [1.29, 1.82) is 0 Å². The summed E-state index contributed by atoms with van der Waals surface area (Å²) in [6.07, 6.45) is 7.07. The number of halogens is 2. The minimum absolute atomic E-state index is 0.312. The standard InChI is InChI=1S/C26H28BrFN2O4S/c1-26(2,3)23-12-18(22-13-20(28)15-29-25(22)31)10-17(24(23)34-4)7-6-16-8-9-21(11-19(16)14-27)30-35(5,32)33/h6-13,15,22,30H,14H2,1-5H3. The minimum atomic E-state index is -3.39. The Morgan fingerprint density at radius 2 is 1.86 bits per heavy atom. The van der Waals surface area contributed by atoms with Gasteiger partial charge in [-0.15, -0.1) is 0 Å². The molecule has 186 valence electrons. The molecule has 0 spiro atoms. The smallest absolute Gasteiger partial charge is 0.257 e. The van der Waals surface area contributed by atoms with Gasteiger partial charge in [-0.25, -0.2) is 17.8 Å². The molecular weight excluding hydrogens is 535 g/mol. The van der Waals surface area contributed by atoms with E-state index in [1.165, 1.54) is 6.08 Å². The van der Waals surface area contributed by atoms with Crippen LogP contribution in [-0.2, 0) is 25.6 Å². The summed E-state index contributed by atoms with van der Waals surface area (Å²) in [5, 5.41) is 0.509. The zero-order valence-corrected chi connectivity index (χ0v) is 22.6. The molecule has 1 aliphatic rings. The van der Waals surface area contributed by atoms with Gasteiger partial charge in [-0.05, 0) is 46.4 Å². The molecule has 0 saturated heterocycles. The largest absolute Gasteiger partial charge is 0.496 e. The molecule has 0 aromatic heterocycles. The van der Waals surface area contributed by atoms with Crippen molar-refractivity contribution < 1.29 is 22.3 Å². The van der Waals surface area contributed by atoms with Crippen molar-refractivity contribution in [3.05, 3.63) is 70.1 Å². The molecule has 9 heteroatoms. The van der Waals surface area contributed by atoms with E-state index in [2.05, 4.69) is 25.6 Å². The SMILES string of the molecule is COc1c(C=Cc2ccc(NS(C)(=O)=O)cc2CBr)cc(C2C=C(F)C=NC2=O)cc1C(C)(C)C. The van der Waals surface area contributed by atoms with Crippen LogP contribution in [0.1, 0.15) is 54.5 Å². The summed E-state index contributed by atoms with van der Waals surface area (Å²) < 4.78 is 45.3. The van der Waals surface area contributed by atoms with Gasteiger partial charge in [-0.2, -0.15) is 0 Å². The van der Waals surface area contributed by atoms with E-state index in [-0.39, 0.29) is 5.41 Å². The Morgan fingerprint density at radius 3 is 2.46 bits per heavy atom. The third kappa shape index (κ3) is 6.67. The van der Waals surface area contributed by atoms with Gasteiger partial charge in [0, 0.05) is 22.1 Å². The van der Waals surface area contributed by atoms with E-state index < -0.39 is 27.7 Å². The van der Waals surface area contributed by atoms with Crippen LogP contribution in [0.15, 0.2) is 47.2 Å². The quantitative estimate of drug-likeness (QED) is 0.332. The van der Waals surface area contributed by atoms with Crippen LogP contribution in [0.5, 0.6) is 5.75 Å². The molecule has 35 heavy (non-hydrogen) atoms. The number of carbonyl (C=O) groups excluding carboxylic acids is 1. The zero-order chi connectivity index (χ0) is 26.0. The van der Waals surface area contributed by atoms with Gasteiger partial charge < -0.3 is 4.74 Å². The summed E-state index contributed by atoms with van der Waals surface area (Å²) in [6.45, 7) is 6.11. The number of carbonyl (C=O) groups is 1. The van der Waals surface area contributed by atoms with Crippen LogP contribution in [0.2, 0.25) is 0 Å². The molecule has 1 unspecified atom stereocenters. The van der Waals surface area contributed by atoms with E-state index >= 15 is 0 Å². The second-order valence-electron chi connectivity index (χ2n) is 9.32. The summed E-state index contributed by atoms with van der Waals surface area (Å²) in [6, 6.07) is 8.95. The highest BCUT2D eigenvalue weighted by atomic mass is 79.9. The van der Waals surface area contributed by atoms with Crippen LogP contribution in [0.25, 0.3) is 12.2 Å². The molecule has 0 aliphatic carbocycles. The lowest BCUT2D eigenvalue weighted by Gasteiger charge is -2.26. The first-order valence-electron chi connectivity index (χ1n) is 10.8. The third-order valence-corrected chi connectivity index (χ3v) is 6.66. The lowest BCUT2D eigenvalue weighted by atomic mass is 9.81. The van der Waals surface area contributed by atoms with Crippen molar-refractivity contribution in [3.8, 4) is 5.75 Å². The number of benzene rings is 2. The van der Waals surface area contributed by atoms with Gasteiger partial charge >= 0.3 is 0 Å². The molecule has 0 saturated carbocycles. The van der Waals surface area contributed by atoms with Crippen molar-refractivity contribution in [3.63, 3.8) is 0 Å². The van der Waals surface area contributed by atoms with Gasteiger partial charge in [0.15, 0.2) is 0 Å². The highest BCUT2D eigenvalue weighted by Gasteiger charge is 2.27. The average Bonchev–Trinajstić information content (AvgIpc) is 2.77. The molecule has 2 aromatic carbocycles. The number of sulfonamides is 1. The predicted molar refractivity (Wildman–Crippen MR) is 144 cm³/mol. The number of hydrogen-bond acceptors (Lipinski definition) is 4. The zero-order valence-electron chi connectivity index (χ0n) is 20.2. The number of alkyl halides is 1. The maximum absolute atomic E-state index is 13.9. The number of nitrogens with one attached hydrogen (secondary N) is 1. The molecule has 1 amide bonds. The Hall–Kier alpha value is -2.78. The number of hydrogen-bond donors (Lipinski definition) is 1. The monoisotopic (exact) mass is 562 g/mol. The Labute approximate surface area is 214 Å². The van der Waals surface area contributed by atoms with Crippen molar-refractivity contribution >= 4 is 55.9 Å². The lowest BCUT2D eigenvalue weighted by molar-refractivity contribution is -0.118. The van der Waals surface area contributed by atoms with E-state index in [0.717, 1.165) is 34.7 Å². The molecule has 3 rings (SSSR count). The average molecular weight is 563 g/mol. The fraction of sp³-hybridized carbons (Fsp3) is 0.308. The highest BCUT2D eigenvalue weighted by Crippen LogP contribution is 2.39. The van der Waals surface area contributed by atoms with Crippen molar-refractivity contribution in [2.45, 2.75) is 37.4 Å². The first kappa shape index (κ1) is 26.8. The van der Waals surface area contributed by atoms with Gasteiger partial charge in [0.2, 0.25) is 10.0 Å². The Balaban J connectivity index is 2.12. The first-order valence-corrected chi connectivity index (χ1v) is 13.9. The van der Waals surface area contributed by atoms with Gasteiger partial charge in [-0.3, -0.25) is 9.52 Å². The predicted octanol–water partition coefficient (Wildman–Crippen LogP) is 5.98. The fourth-order valence-corrected chi connectivity index (χ4v) is 4.86. The molecule has 1 aliphatic heterocycles. The van der Waals surface area contributed by atoms with Crippen molar-refractivity contribution in [2.24, 2.45) is 4.99 Å². The van der Waals surface area contributed by atoms with Crippen LogP contribution in [0.3, 0.4) is 0 Å². The molecule has 6 nitrogen and oxygen atoms in total. The number of ether oxygens (including phenoxy) is 1. The minimum Gasteiger partial charge on any atom is -0.496 e. The van der Waals surface area contributed by atoms with E-state index in [4.69, 9.17) is 4.74 Å². The van der Waals surface area contributed by atoms with Gasteiger partial charge in [0.25, 0.3) is 5.91 Å². The first-order chi connectivity index (χ1) is 16.3. The number of dihydropyridines is 1. The van der Waals surface area contributed by atoms with Crippen LogP contribution in [0.4, 0.5) is 10.1 Å². The second-order valence-corrected chi connectivity index (χ2v) is 11.6. The van der Waals surface area contributed by atoms with Crippen LogP contribution < -0.4 is 9.46 Å². The number of rotatable bonds is 7. The summed E-state index contributed by atoms with van der Waals surface area (Å²) in [5.74, 6) is -1.14. The summed E-state index contributed by atoms with van der Waals surface area (Å²) >= 11 is 3.46. The number of allylic oxidation sites excluding steroid dienone is 1. The van der Waals surface area contributed by atoms with Crippen LogP contribution in [-0.4, -0.2) is 33.9 Å². The summed E-state index contributed by atoms with van der Waals surface area (Å²) in [5.41, 5.74) is 4.14. The Bertz CT molecular complexity index is 1340. The van der Waals surface area contributed by atoms with E-state index in [1.54, 1.807) is 19.2 Å². The second kappa shape index (κ2) is 10.5. The number of anilines is 1. The third-order valence-electron chi connectivity index (χ3n) is 5.45. The molecule has 0 radical (unpaired) electrons. The Morgan fingerprint density at radius 1 is 1.17 bits per heavy atom. The normalized spacial score (nSPS) is 16.5. The topological polar surface area (TPSA) is 84.8 Å². The Kier molecular flexibility index (Phi) is 8.01. The van der Waals surface area contributed by atoms with Gasteiger partial charge in [0.1, 0.15) is 11.6 Å². The van der Waals surface area contributed by atoms with Crippen molar-refractivity contribution in [1.82, 2.24) is 0 Å². The van der Waals surface area contributed by atoms with E-state index in [9.17, 15) is 17.6 Å². The molecule has 2 aromatic rings. The highest BCUT2D eigenvalue weighted by molar-refractivity contribution is 9.08. The van der Waals surface area contributed by atoms with Crippen molar-refractivity contribution in [2.75, 3.05) is 18.1 Å². The fourth-order valence-electron chi connectivity index (χ4n) is 3.82. The summed E-state index contributed by atoms with van der Waals surface area (Å²) in [7, 11) is -1.80. The molecule has 0 fully saturated rings. The van der Waals surface area contributed by atoms with Gasteiger partial charge in [-0.1, -0.05) is 61.0 Å². The number of methoxy groups -OCH3 is 1. The molecule has 1 atom stereocenters. The number of amides is 1. The van der Waals surface area contributed by atoms with E-state index in [1.807, 2.05) is 51.1 Å². The maximum atomic E-state index is 13.9. The van der Waals surface area contributed by atoms with Gasteiger partial charge in [0.05, 0.1) is 25.5 Å². The number of nitrogens with zero attached hydrogens (tertiary/aromatic N) is 1. The van der Waals surface area contributed by atoms with Crippen LogP contribution >= 0.6 is 15.9 Å². The molecule has 0 bridgehead atoms. The number of aliphatic imine (C=N–C) groups is 1. The summed E-state index contributed by atoms with van der Waals surface area (Å²) in [4.78, 5) is 16.1. The molecule has 1 N–H and O–H groups in total. The van der Waals surface area contributed by atoms with Crippen LogP contribution in [0, 0.1) is 0 Å². The molecular formula is C26H28BrFN2O4S. The van der Waals surface area contributed by atoms with E-state index in [0.29, 0.717) is 22.3 Å². The lowest BCUT2D eigenvalue weighted by Crippen LogP contribution is -2.17. The molecule has 1 heterocycles. The maximum Gasteiger partial charge on any atom is 0.257 e.